The van der Waals surface area contributed by atoms with Gasteiger partial charge in [0, 0.05) is 23.8 Å². The highest BCUT2D eigenvalue weighted by Gasteiger charge is 2.15. The van der Waals surface area contributed by atoms with Crippen LogP contribution in [0.25, 0.3) is 16.6 Å². The van der Waals surface area contributed by atoms with Gasteiger partial charge in [-0.25, -0.2) is 0 Å². The van der Waals surface area contributed by atoms with Gasteiger partial charge in [0.1, 0.15) is 10.8 Å². The Bertz CT molecular complexity index is 1450. The van der Waals surface area contributed by atoms with Gasteiger partial charge in [0.2, 0.25) is 11.0 Å². The van der Waals surface area contributed by atoms with Crippen LogP contribution in [0.4, 0.5) is 16.5 Å². The summed E-state index contributed by atoms with van der Waals surface area (Å²) >= 11 is 1.21. The molecule has 0 aliphatic rings. The lowest BCUT2D eigenvalue weighted by Gasteiger charge is -2.09. The zero-order chi connectivity index (χ0) is 25.5. The van der Waals surface area contributed by atoms with E-state index in [4.69, 9.17) is 4.74 Å². The minimum absolute atomic E-state index is 0.0774. The molecule has 4 aromatic rings. The summed E-state index contributed by atoms with van der Waals surface area (Å²) in [4.78, 5) is 35.8. The number of benzene rings is 3. The molecule has 2 N–H and O–H groups in total. The van der Waals surface area contributed by atoms with E-state index in [9.17, 15) is 19.7 Å². The molecule has 10 nitrogen and oxygen atoms in total. The standard InChI is InChI=1S/C25H19N5O5S/c1-35-19-12-10-17(11-13-19)24-28-29-25(36-24)27-23(32)20-7-2-3-8-21(20)26-22(31)14-9-16-5-4-6-18(15-16)30(33)34/h2-15H,1H3,(H,26,31)(H,27,29,32)/b14-9+. The average molecular weight is 502 g/mol. The Morgan fingerprint density at radius 3 is 2.53 bits per heavy atom. The van der Waals surface area contributed by atoms with E-state index >= 15 is 0 Å². The number of nitrogens with one attached hydrogen (secondary N) is 2. The number of anilines is 2. The monoisotopic (exact) mass is 501 g/mol. The van der Waals surface area contributed by atoms with Crippen LogP contribution in [0.1, 0.15) is 15.9 Å². The van der Waals surface area contributed by atoms with Gasteiger partial charge >= 0.3 is 0 Å². The first-order valence-electron chi connectivity index (χ1n) is 10.5. The third kappa shape index (κ3) is 5.96. The van der Waals surface area contributed by atoms with E-state index in [-0.39, 0.29) is 11.3 Å². The molecule has 0 saturated heterocycles. The number of hydrogen-bond acceptors (Lipinski definition) is 8. The van der Waals surface area contributed by atoms with Gasteiger partial charge in [-0.05, 0) is 48.0 Å². The minimum Gasteiger partial charge on any atom is -0.497 e. The van der Waals surface area contributed by atoms with Crippen LogP contribution in [0.3, 0.4) is 0 Å². The Morgan fingerprint density at radius 2 is 1.78 bits per heavy atom. The van der Waals surface area contributed by atoms with Crippen LogP contribution in [0, 0.1) is 10.1 Å². The number of amides is 2. The summed E-state index contributed by atoms with van der Waals surface area (Å²) in [5.74, 6) is -0.249. The van der Waals surface area contributed by atoms with E-state index in [1.807, 2.05) is 12.1 Å². The van der Waals surface area contributed by atoms with Gasteiger partial charge in [-0.1, -0.05) is 35.6 Å². The van der Waals surface area contributed by atoms with Crippen molar-refractivity contribution < 1.29 is 19.2 Å². The Kier molecular flexibility index (Phi) is 7.42. The van der Waals surface area contributed by atoms with E-state index in [1.54, 1.807) is 49.6 Å². The molecule has 0 atom stereocenters. The number of aromatic nitrogens is 2. The number of rotatable bonds is 8. The first-order valence-corrected chi connectivity index (χ1v) is 11.4. The van der Waals surface area contributed by atoms with E-state index in [0.717, 1.165) is 11.3 Å². The van der Waals surface area contributed by atoms with Crippen molar-refractivity contribution in [2.75, 3.05) is 17.7 Å². The van der Waals surface area contributed by atoms with Crippen LogP contribution in [-0.2, 0) is 4.79 Å². The van der Waals surface area contributed by atoms with Crippen molar-refractivity contribution in [3.05, 3.63) is 100 Å². The Hall–Kier alpha value is -4.90. The summed E-state index contributed by atoms with van der Waals surface area (Å²) in [5, 5.41) is 25.4. The second-order valence-electron chi connectivity index (χ2n) is 7.32. The maximum absolute atomic E-state index is 12.9. The lowest BCUT2D eigenvalue weighted by Crippen LogP contribution is -2.16. The second kappa shape index (κ2) is 11.0. The number of hydrogen-bond donors (Lipinski definition) is 2. The molecule has 3 aromatic carbocycles. The topological polar surface area (TPSA) is 136 Å². The van der Waals surface area contributed by atoms with E-state index in [0.29, 0.717) is 21.4 Å². The second-order valence-corrected chi connectivity index (χ2v) is 8.29. The van der Waals surface area contributed by atoms with Crippen molar-refractivity contribution in [3.8, 4) is 16.3 Å². The number of non-ortho nitro benzene ring substituents is 1. The number of methoxy groups -OCH3 is 1. The minimum atomic E-state index is -0.510. The molecule has 36 heavy (non-hydrogen) atoms. The number of para-hydroxylation sites is 1. The molecule has 0 fully saturated rings. The lowest BCUT2D eigenvalue weighted by atomic mass is 10.1. The quantitative estimate of drug-likeness (QED) is 0.196. The van der Waals surface area contributed by atoms with Crippen LogP contribution in [0.15, 0.2) is 78.9 Å². The third-order valence-electron chi connectivity index (χ3n) is 4.92. The third-order valence-corrected chi connectivity index (χ3v) is 5.81. The van der Waals surface area contributed by atoms with Crippen molar-refractivity contribution in [1.29, 1.82) is 0 Å². The zero-order valence-corrected chi connectivity index (χ0v) is 19.7. The molecule has 0 spiro atoms. The van der Waals surface area contributed by atoms with Crippen LogP contribution >= 0.6 is 11.3 Å². The van der Waals surface area contributed by atoms with Crippen LogP contribution in [-0.4, -0.2) is 34.0 Å². The van der Waals surface area contributed by atoms with Crippen molar-refractivity contribution in [1.82, 2.24) is 10.2 Å². The fourth-order valence-corrected chi connectivity index (χ4v) is 3.91. The van der Waals surface area contributed by atoms with Gasteiger partial charge in [-0.3, -0.25) is 25.0 Å². The molecule has 0 radical (unpaired) electrons. The molecule has 0 saturated carbocycles. The fraction of sp³-hybridized carbons (Fsp3) is 0.0400. The summed E-state index contributed by atoms with van der Waals surface area (Å²) in [6, 6.07) is 19.7. The Morgan fingerprint density at radius 1 is 1.00 bits per heavy atom. The van der Waals surface area contributed by atoms with Gasteiger partial charge in [-0.15, -0.1) is 10.2 Å². The number of nitro benzene ring substituents is 1. The molecule has 1 heterocycles. The van der Waals surface area contributed by atoms with Crippen LogP contribution < -0.4 is 15.4 Å². The van der Waals surface area contributed by atoms with Crippen molar-refractivity contribution >= 4 is 45.7 Å². The van der Waals surface area contributed by atoms with Crippen LogP contribution in [0.5, 0.6) is 5.75 Å². The SMILES string of the molecule is COc1ccc(-c2nnc(NC(=O)c3ccccc3NC(=O)/C=C/c3cccc([N+](=O)[O-])c3)s2)cc1. The molecule has 0 unspecified atom stereocenters. The molecule has 0 aliphatic carbocycles. The zero-order valence-electron chi connectivity index (χ0n) is 18.9. The van der Waals surface area contributed by atoms with Gasteiger partial charge in [-0.2, -0.15) is 0 Å². The number of ether oxygens (including phenoxy) is 1. The normalized spacial score (nSPS) is 10.7. The largest absolute Gasteiger partial charge is 0.497 e. The van der Waals surface area contributed by atoms with Gasteiger partial charge in [0.05, 0.1) is 23.3 Å². The lowest BCUT2D eigenvalue weighted by molar-refractivity contribution is -0.384. The molecule has 2 amide bonds. The highest BCUT2D eigenvalue weighted by atomic mass is 32.1. The van der Waals surface area contributed by atoms with E-state index in [2.05, 4.69) is 20.8 Å². The summed E-state index contributed by atoms with van der Waals surface area (Å²) in [6.45, 7) is 0. The number of nitrogens with zero attached hydrogens (tertiary/aromatic N) is 3. The number of nitro groups is 1. The van der Waals surface area contributed by atoms with Gasteiger partial charge in [0.25, 0.3) is 11.6 Å². The molecular formula is C25H19N5O5S. The Labute approximate surface area is 209 Å². The van der Waals surface area contributed by atoms with Gasteiger partial charge < -0.3 is 10.1 Å². The highest BCUT2D eigenvalue weighted by molar-refractivity contribution is 7.18. The first kappa shape index (κ1) is 24.2. The Balaban J connectivity index is 1.44. The number of carbonyl (C=O) groups is 2. The van der Waals surface area contributed by atoms with Crippen molar-refractivity contribution in [2.24, 2.45) is 0 Å². The molecule has 4 rings (SSSR count). The highest BCUT2D eigenvalue weighted by Crippen LogP contribution is 2.28. The maximum Gasteiger partial charge on any atom is 0.270 e. The fourth-order valence-electron chi connectivity index (χ4n) is 3.17. The molecule has 11 heteroatoms. The molecule has 0 aliphatic heterocycles. The molecule has 0 bridgehead atoms. The molecule has 1 aromatic heterocycles. The van der Waals surface area contributed by atoms with E-state index < -0.39 is 16.7 Å². The van der Waals surface area contributed by atoms with Gasteiger partial charge in [0.15, 0.2) is 0 Å². The predicted molar refractivity (Wildman–Crippen MR) is 137 cm³/mol. The molecular weight excluding hydrogens is 482 g/mol. The smallest absolute Gasteiger partial charge is 0.270 e. The van der Waals surface area contributed by atoms with E-state index in [1.165, 1.54) is 41.7 Å². The van der Waals surface area contributed by atoms with Crippen LogP contribution in [0.2, 0.25) is 0 Å². The molecule has 180 valence electrons. The summed E-state index contributed by atoms with van der Waals surface area (Å²) in [7, 11) is 1.58. The van der Waals surface area contributed by atoms with Crippen molar-refractivity contribution in [3.63, 3.8) is 0 Å². The first-order chi connectivity index (χ1) is 17.4. The van der Waals surface area contributed by atoms with Crippen molar-refractivity contribution in [2.45, 2.75) is 0 Å². The average Bonchev–Trinajstić information content (AvgIpc) is 3.36. The predicted octanol–water partition coefficient (Wildman–Crippen LogP) is 5.03. The summed E-state index contributed by atoms with van der Waals surface area (Å²) in [5.41, 5.74) is 1.78. The summed E-state index contributed by atoms with van der Waals surface area (Å²) in [6.07, 6.45) is 2.69. The number of carbonyl (C=O) groups excluding carboxylic acids is 2. The summed E-state index contributed by atoms with van der Waals surface area (Å²) < 4.78 is 5.15. The maximum atomic E-state index is 12.9.